The fraction of sp³-hybridized carbons (Fsp3) is 0.375. The topological polar surface area (TPSA) is 46.9 Å². The van der Waals surface area contributed by atoms with E-state index in [1.54, 1.807) is 6.20 Å². The first-order chi connectivity index (χ1) is 9.72. The smallest absolute Gasteiger partial charge is 0.240 e. The highest BCUT2D eigenvalue weighted by Crippen LogP contribution is 2.20. The molecular weight excluding hydrogens is 250 g/mol. The number of nitrogens with one attached hydrogen (secondary N) is 1. The SMILES string of the molecule is Cc1nccn1CC(=O)N[C@@H]1CCc2ccccc2C1. The summed E-state index contributed by atoms with van der Waals surface area (Å²) in [5.41, 5.74) is 2.78. The van der Waals surface area contributed by atoms with E-state index in [0.29, 0.717) is 6.54 Å². The predicted molar refractivity (Wildman–Crippen MR) is 77.4 cm³/mol. The number of nitrogens with zero attached hydrogens (tertiary/aromatic N) is 2. The maximum absolute atomic E-state index is 12.1. The summed E-state index contributed by atoms with van der Waals surface area (Å²) in [5.74, 6) is 0.935. The molecule has 2 aromatic rings. The number of carbonyl (C=O) groups excluding carboxylic acids is 1. The van der Waals surface area contributed by atoms with E-state index in [2.05, 4.69) is 34.6 Å². The van der Waals surface area contributed by atoms with Crippen molar-refractivity contribution >= 4 is 5.91 Å². The summed E-state index contributed by atoms with van der Waals surface area (Å²) in [6.45, 7) is 2.26. The van der Waals surface area contributed by atoms with Crippen molar-refractivity contribution in [3.05, 3.63) is 53.6 Å². The molecule has 0 unspecified atom stereocenters. The molecule has 20 heavy (non-hydrogen) atoms. The maximum atomic E-state index is 12.1. The normalized spacial score (nSPS) is 17.6. The second-order valence-electron chi connectivity index (χ2n) is 5.38. The van der Waals surface area contributed by atoms with E-state index < -0.39 is 0 Å². The maximum Gasteiger partial charge on any atom is 0.240 e. The molecule has 104 valence electrons. The zero-order valence-electron chi connectivity index (χ0n) is 11.7. The number of carbonyl (C=O) groups is 1. The number of imidazole rings is 1. The van der Waals surface area contributed by atoms with Gasteiger partial charge in [0.1, 0.15) is 12.4 Å². The quantitative estimate of drug-likeness (QED) is 0.924. The number of benzene rings is 1. The lowest BCUT2D eigenvalue weighted by Gasteiger charge is -2.25. The Labute approximate surface area is 118 Å². The molecule has 1 aliphatic rings. The highest BCUT2D eigenvalue weighted by atomic mass is 16.2. The lowest BCUT2D eigenvalue weighted by Crippen LogP contribution is -2.40. The molecule has 1 N–H and O–H groups in total. The van der Waals surface area contributed by atoms with Gasteiger partial charge in [-0.3, -0.25) is 4.79 Å². The van der Waals surface area contributed by atoms with Gasteiger partial charge in [0.2, 0.25) is 5.91 Å². The molecule has 0 aliphatic heterocycles. The van der Waals surface area contributed by atoms with Gasteiger partial charge in [-0.1, -0.05) is 24.3 Å². The fourth-order valence-electron chi connectivity index (χ4n) is 2.82. The Morgan fingerprint density at radius 2 is 2.20 bits per heavy atom. The third kappa shape index (κ3) is 2.74. The van der Waals surface area contributed by atoms with E-state index in [0.717, 1.165) is 25.1 Å². The first-order valence-corrected chi connectivity index (χ1v) is 7.06. The van der Waals surface area contributed by atoms with Crippen LogP contribution in [0.25, 0.3) is 0 Å². The van der Waals surface area contributed by atoms with Gasteiger partial charge in [-0.25, -0.2) is 4.98 Å². The van der Waals surface area contributed by atoms with Crippen LogP contribution in [-0.2, 0) is 24.2 Å². The van der Waals surface area contributed by atoms with Crippen LogP contribution in [0.1, 0.15) is 23.4 Å². The Bertz CT molecular complexity index is 618. The molecule has 1 aromatic heterocycles. The van der Waals surface area contributed by atoms with Gasteiger partial charge >= 0.3 is 0 Å². The van der Waals surface area contributed by atoms with E-state index in [1.165, 1.54) is 11.1 Å². The van der Waals surface area contributed by atoms with Gasteiger partial charge in [0.15, 0.2) is 0 Å². The van der Waals surface area contributed by atoms with Gasteiger partial charge in [-0.2, -0.15) is 0 Å². The number of rotatable bonds is 3. The molecule has 0 saturated carbocycles. The molecule has 0 bridgehead atoms. The zero-order chi connectivity index (χ0) is 13.9. The van der Waals surface area contributed by atoms with Crippen LogP contribution in [-0.4, -0.2) is 21.5 Å². The van der Waals surface area contributed by atoms with Crippen LogP contribution in [0.5, 0.6) is 0 Å². The molecule has 0 fully saturated rings. The number of hydrogen-bond acceptors (Lipinski definition) is 2. The second kappa shape index (κ2) is 5.49. The van der Waals surface area contributed by atoms with Crippen molar-refractivity contribution in [3.8, 4) is 0 Å². The Hall–Kier alpha value is -2.10. The van der Waals surface area contributed by atoms with E-state index >= 15 is 0 Å². The number of fused-ring (bicyclic) bond motifs is 1. The lowest BCUT2D eigenvalue weighted by molar-refractivity contribution is -0.122. The van der Waals surface area contributed by atoms with E-state index in [4.69, 9.17) is 0 Å². The van der Waals surface area contributed by atoms with Gasteiger partial charge in [0, 0.05) is 18.4 Å². The average Bonchev–Trinajstić information content (AvgIpc) is 2.84. The first-order valence-electron chi connectivity index (χ1n) is 7.06. The summed E-state index contributed by atoms with van der Waals surface area (Å²) >= 11 is 0. The summed E-state index contributed by atoms with van der Waals surface area (Å²) < 4.78 is 1.87. The van der Waals surface area contributed by atoms with Gasteiger partial charge in [-0.15, -0.1) is 0 Å². The van der Waals surface area contributed by atoms with Crippen molar-refractivity contribution in [2.75, 3.05) is 0 Å². The van der Waals surface area contributed by atoms with Crippen LogP contribution in [0.15, 0.2) is 36.7 Å². The minimum atomic E-state index is 0.0653. The molecular formula is C16H19N3O. The third-order valence-corrected chi connectivity index (χ3v) is 3.95. The standard InChI is InChI=1S/C16H19N3O/c1-12-17-8-9-19(12)11-16(20)18-15-7-6-13-4-2-3-5-14(13)10-15/h2-5,8-9,15H,6-7,10-11H2,1H3,(H,18,20)/t15-/m1/s1. The van der Waals surface area contributed by atoms with Crippen molar-refractivity contribution in [1.82, 2.24) is 14.9 Å². The van der Waals surface area contributed by atoms with E-state index in [1.807, 2.05) is 17.7 Å². The van der Waals surface area contributed by atoms with Crippen molar-refractivity contribution in [1.29, 1.82) is 0 Å². The molecule has 1 atom stereocenters. The van der Waals surface area contributed by atoms with Crippen LogP contribution in [0.2, 0.25) is 0 Å². The van der Waals surface area contributed by atoms with Gasteiger partial charge in [0.25, 0.3) is 0 Å². The van der Waals surface area contributed by atoms with Gasteiger partial charge in [-0.05, 0) is 37.3 Å². The highest BCUT2D eigenvalue weighted by Gasteiger charge is 2.19. The summed E-state index contributed by atoms with van der Waals surface area (Å²) in [7, 11) is 0. The number of aromatic nitrogens is 2. The summed E-state index contributed by atoms with van der Waals surface area (Å²) in [4.78, 5) is 16.2. The van der Waals surface area contributed by atoms with Crippen molar-refractivity contribution in [2.45, 2.75) is 38.8 Å². The summed E-state index contributed by atoms with van der Waals surface area (Å²) in [5, 5.41) is 3.14. The van der Waals surface area contributed by atoms with Crippen molar-refractivity contribution < 1.29 is 4.79 Å². The highest BCUT2D eigenvalue weighted by molar-refractivity contribution is 5.76. The van der Waals surface area contributed by atoms with Crippen LogP contribution < -0.4 is 5.32 Å². The molecule has 0 saturated heterocycles. The first kappa shape index (κ1) is 12.9. The zero-order valence-corrected chi connectivity index (χ0v) is 11.7. The Morgan fingerprint density at radius 3 is 2.95 bits per heavy atom. The molecule has 1 aromatic carbocycles. The lowest BCUT2D eigenvalue weighted by atomic mass is 9.88. The van der Waals surface area contributed by atoms with Crippen LogP contribution in [0, 0.1) is 6.92 Å². The molecule has 1 aliphatic carbocycles. The second-order valence-corrected chi connectivity index (χ2v) is 5.38. The van der Waals surface area contributed by atoms with E-state index in [-0.39, 0.29) is 11.9 Å². The molecule has 1 amide bonds. The molecule has 3 rings (SSSR count). The van der Waals surface area contributed by atoms with Crippen LogP contribution in [0.3, 0.4) is 0 Å². The number of hydrogen-bond donors (Lipinski definition) is 1. The minimum absolute atomic E-state index is 0.0653. The molecule has 4 heteroatoms. The number of amides is 1. The van der Waals surface area contributed by atoms with E-state index in [9.17, 15) is 4.79 Å². The van der Waals surface area contributed by atoms with Crippen LogP contribution in [0.4, 0.5) is 0 Å². The largest absolute Gasteiger partial charge is 0.351 e. The Kier molecular flexibility index (Phi) is 3.54. The van der Waals surface area contributed by atoms with Crippen molar-refractivity contribution in [3.63, 3.8) is 0 Å². The third-order valence-electron chi connectivity index (χ3n) is 3.95. The molecule has 0 radical (unpaired) electrons. The molecule has 1 heterocycles. The van der Waals surface area contributed by atoms with Crippen LogP contribution >= 0.6 is 0 Å². The summed E-state index contributed by atoms with van der Waals surface area (Å²) in [6, 6.07) is 8.74. The average molecular weight is 269 g/mol. The Balaban J connectivity index is 1.59. The minimum Gasteiger partial charge on any atom is -0.351 e. The molecule has 0 spiro atoms. The van der Waals surface area contributed by atoms with Gasteiger partial charge in [0.05, 0.1) is 0 Å². The summed E-state index contributed by atoms with van der Waals surface area (Å²) in [6.07, 6.45) is 6.56. The fourth-order valence-corrected chi connectivity index (χ4v) is 2.82. The monoisotopic (exact) mass is 269 g/mol. The number of aryl methyl sites for hydroxylation is 2. The van der Waals surface area contributed by atoms with Crippen molar-refractivity contribution in [2.24, 2.45) is 0 Å². The predicted octanol–water partition coefficient (Wildman–Crippen LogP) is 1.87. The van der Waals surface area contributed by atoms with Gasteiger partial charge < -0.3 is 9.88 Å². The molecule has 4 nitrogen and oxygen atoms in total. The Morgan fingerprint density at radius 1 is 1.40 bits per heavy atom.